The van der Waals surface area contributed by atoms with Gasteiger partial charge in [-0.15, -0.1) is 0 Å². The maximum absolute atomic E-state index is 12.2. The van der Waals surface area contributed by atoms with Crippen molar-refractivity contribution in [2.75, 3.05) is 19.8 Å². The molecule has 2 aromatic carbocycles. The summed E-state index contributed by atoms with van der Waals surface area (Å²) in [6, 6.07) is 16.2. The third kappa shape index (κ3) is 5.58. The van der Waals surface area contributed by atoms with Crippen LogP contribution in [0.25, 0.3) is 0 Å². The lowest BCUT2D eigenvalue weighted by Gasteiger charge is -2.27. The number of fused-ring (bicyclic) bond motifs is 1. The Morgan fingerprint density at radius 1 is 1.19 bits per heavy atom. The molecule has 4 nitrogen and oxygen atoms in total. The summed E-state index contributed by atoms with van der Waals surface area (Å²) in [6.07, 6.45) is 2.91. The lowest BCUT2D eigenvalue weighted by molar-refractivity contribution is -0.122. The fourth-order valence-corrected chi connectivity index (χ4v) is 3.43. The molecule has 3 rings (SSSR count). The summed E-state index contributed by atoms with van der Waals surface area (Å²) in [7, 11) is 0. The summed E-state index contributed by atoms with van der Waals surface area (Å²) >= 11 is 3.48. The van der Waals surface area contributed by atoms with E-state index in [1.807, 2.05) is 36.4 Å². The summed E-state index contributed by atoms with van der Waals surface area (Å²) in [5, 5.41) is 3.12. The van der Waals surface area contributed by atoms with Gasteiger partial charge in [-0.3, -0.25) is 4.79 Å². The largest absolute Gasteiger partial charge is 0.493 e. The van der Waals surface area contributed by atoms with Gasteiger partial charge in [-0.2, -0.15) is 0 Å². The van der Waals surface area contributed by atoms with E-state index in [0.717, 1.165) is 35.0 Å². The van der Waals surface area contributed by atoms with E-state index in [2.05, 4.69) is 33.4 Å². The van der Waals surface area contributed by atoms with Crippen LogP contribution in [0, 0.1) is 0 Å². The first-order valence-corrected chi connectivity index (χ1v) is 9.85. The number of hydrogen-bond donors (Lipinski definition) is 1. The van der Waals surface area contributed by atoms with Crippen LogP contribution in [0.1, 0.15) is 36.4 Å². The van der Waals surface area contributed by atoms with Crippen molar-refractivity contribution in [3.8, 4) is 5.75 Å². The van der Waals surface area contributed by atoms with Crippen LogP contribution in [0.15, 0.2) is 53.0 Å². The van der Waals surface area contributed by atoms with E-state index in [1.165, 1.54) is 5.56 Å². The topological polar surface area (TPSA) is 47.6 Å². The van der Waals surface area contributed by atoms with Crippen molar-refractivity contribution in [1.29, 1.82) is 0 Å². The summed E-state index contributed by atoms with van der Waals surface area (Å²) in [5.74, 6) is 0.920. The third-order valence-electron chi connectivity index (χ3n) is 4.42. The van der Waals surface area contributed by atoms with Gasteiger partial charge in [0.15, 0.2) is 0 Å². The highest BCUT2D eigenvalue weighted by molar-refractivity contribution is 9.10. The average Bonchev–Trinajstić information content (AvgIpc) is 2.66. The number of halogens is 1. The second kappa shape index (κ2) is 9.74. The maximum atomic E-state index is 12.2. The Bertz CT molecular complexity index is 720. The first-order valence-electron chi connectivity index (χ1n) is 9.05. The Morgan fingerprint density at radius 2 is 2.04 bits per heavy atom. The molecule has 0 spiro atoms. The zero-order valence-electron chi connectivity index (χ0n) is 14.7. The van der Waals surface area contributed by atoms with Gasteiger partial charge >= 0.3 is 0 Å². The van der Waals surface area contributed by atoms with Gasteiger partial charge in [-0.05, 0) is 36.6 Å². The molecular formula is C21H24BrNO3. The van der Waals surface area contributed by atoms with E-state index in [9.17, 15) is 4.79 Å². The van der Waals surface area contributed by atoms with Crippen molar-refractivity contribution in [2.45, 2.75) is 31.7 Å². The first kappa shape index (κ1) is 18.9. The SMILES string of the molecule is O=C(CCCOCCc1ccccc1)NC1CCOc2ccc(Br)cc21. The van der Waals surface area contributed by atoms with Gasteiger partial charge in [0.2, 0.25) is 5.91 Å². The molecule has 26 heavy (non-hydrogen) atoms. The van der Waals surface area contributed by atoms with Gasteiger partial charge in [0, 0.05) is 29.5 Å². The normalized spacial score (nSPS) is 15.8. The van der Waals surface area contributed by atoms with Gasteiger partial charge < -0.3 is 14.8 Å². The Hall–Kier alpha value is -1.85. The van der Waals surface area contributed by atoms with Crippen molar-refractivity contribution in [3.63, 3.8) is 0 Å². The van der Waals surface area contributed by atoms with Crippen LogP contribution in [0.5, 0.6) is 5.75 Å². The zero-order valence-corrected chi connectivity index (χ0v) is 16.3. The number of hydrogen-bond acceptors (Lipinski definition) is 3. The van der Waals surface area contributed by atoms with E-state index in [1.54, 1.807) is 0 Å². The maximum Gasteiger partial charge on any atom is 0.220 e. The number of carbonyl (C=O) groups excluding carboxylic acids is 1. The zero-order chi connectivity index (χ0) is 18.2. The van der Waals surface area contributed by atoms with E-state index < -0.39 is 0 Å². The molecule has 0 fully saturated rings. The highest BCUT2D eigenvalue weighted by atomic mass is 79.9. The monoisotopic (exact) mass is 417 g/mol. The molecule has 5 heteroatoms. The van der Waals surface area contributed by atoms with Gasteiger partial charge in [0.05, 0.1) is 19.3 Å². The van der Waals surface area contributed by atoms with Crippen molar-refractivity contribution in [2.24, 2.45) is 0 Å². The summed E-state index contributed by atoms with van der Waals surface area (Å²) in [5.41, 5.74) is 2.31. The predicted molar refractivity (Wildman–Crippen MR) is 105 cm³/mol. The molecule has 1 unspecified atom stereocenters. The fourth-order valence-electron chi connectivity index (χ4n) is 3.05. The number of carbonyl (C=O) groups is 1. The van der Waals surface area contributed by atoms with E-state index in [0.29, 0.717) is 26.2 Å². The number of ether oxygens (including phenoxy) is 2. The van der Waals surface area contributed by atoms with Crippen LogP contribution >= 0.6 is 15.9 Å². The molecule has 1 N–H and O–H groups in total. The number of rotatable bonds is 8. The van der Waals surface area contributed by atoms with Crippen LogP contribution in [-0.4, -0.2) is 25.7 Å². The highest BCUT2D eigenvalue weighted by Crippen LogP contribution is 2.34. The molecule has 138 valence electrons. The molecule has 2 aromatic rings. The number of nitrogens with one attached hydrogen (secondary N) is 1. The molecule has 0 saturated carbocycles. The van der Waals surface area contributed by atoms with E-state index in [-0.39, 0.29) is 11.9 Å². The van der Waals surface area contributed by atoms with Crippen molar-refractivity contribution in [1.82, 2.24) is 5.32 Å². The molecule has 1 heterocycles. The van der Waals surface area contributed by atoms with Crippen molar-refractivity contribution >= 4 is 21.8 Å². The second-order valence-electron chi connectivity index (χ2n) is 6.39. The summed E-state index contributed by atoms with van der Waals surface area (Å²) < 4.78 is 12.3. The lowest BCUT2D eigenvalue weighted by Crippen LogP contribution is -2.32. The fraction of sp³-hybridized carbons (Fsp3) is 0.381. The van der Waals surface area contributed by atoms with Gasteiger partial charge in [-0.1, -0.05) is 46.3 Å². The molecular weight excluding hydrogens is 394 g/mol. The molecule has 0 radical (unpaired) electrons. The standard InChI is InChI=1S/C21H24BrNO3/c22-17-8-9-20-18(15-17)19(11-14-26-20)23-21(24)7-4-12-25-13-10-16-5-2-1-3-6-16/h1-3,5-6,8-9,15,19H,4,7,10-14H2,(H,23,24). The molecule has 0 aliphatic carbocycles. The van der Waals surface area contributed by atoms with Gasteiger partial charge in [-0.25, -0.2) is 0 Å². The Balaban J connectivity index is 1.35. The Kier molecular flexibility index (Phi) is 7.09. The molecule has 1 aliphatic heterocycles. The minimum atomic E-state index is 0.0164. The minimum absolute atomic E-state index is 0.0164. The minimum Gasteiger partial charge on any atom is -0.493 e. The molecule has 1 amide bonds. The van der Waals surface area contributed by atoms with E-state index in [4.69, 9.17) is 9.47 Å². The van der Waals surface area contributed by atoms with Crippen LogP contribution < -0.4 is 10.1 Å². The van der Waals surface area contributed by atoms with Gasteiger partial charge in [0.25, 0.3) is 0 Å². The second-order valence-corrected chi connectivity index (χ2v) is 7.31. The number of amides is 1. The predicted octanol–water partition coefficient (Wildman–Crippen LogP) is 4.43. The van der Waals surface area contributed by atoms with Crippen LogP contribution in [-0.2, 0) is 16.0 Å². The molecule has 1 atom stereocenters. The molecule has 0 bridgehead atoms. The van der Waals surface area contributed by atoms with Crippen LogP contribution in [0.2, 0.25) is 0 Å². The summed E-state index contributed by atoms with van der Waals surface area (Å²) in [4.78, 5) is 12.2. The quantitative estimate of drug-likeness (QED) is 0.646. The van der Waals surface area contributed by atoms with E-state index >= 15 is 0 Å². The van der Waals surface area contributed by atoms with Crippen molar-refractivity contribution in [3.05, 3.63) is 64.1 Å². The molecule has 0 saturated heterocycles. The van der Waals surface area contributed by atoms with Crippen LogP contribution in [0.4, 0.5) is 0 Å². The highest BCUT2D eigenvalue weighted by Gasteiger charge is 2.23. The third-order valence-corrected chi connectivity index (χ3v) is 4.91. The number of benzene rings is 2. The Morgan fingerprint density at radius 3 is 2.88 bits per heavy atom. The Labute approximate surface area is 163 Å². The van der Waals surface area contributed by atoms with Gasteiger partial charge in [0.1, 0.15) is 5.75 Å². The molecule has 0 aromatic heterocycles. The lowest BCUT2D eigenvalue weighted by atomic mass is 10.0. The van der Waals surface area contributed by atoms with Crippen LogP contribution in [0.3, 0.4) is 0 Å². The van der Waals surface area contributed by atoms with Crippen molar-refractivity contribution < 1.29 is 14.3 Å². The first-order chi connectivity index (χ1) is 12.7. The summed E-state index contributed by atoms with van der Waals surface area (Å²) in [6.45, 7) is 1.92. The molecule has 1 aliphatic rings. The average molecular weight is 418 g/mol. The smallest absolute Gasteiger partial charge is 0.220 e.